The lowest BCUT2D eigenvalue weighted by atomic mass is 10.1. The molecule has 0 bridgehead atoms. The highest BCUT2D eigenvalue weighted by molar-refractivity contribution is 6.29. The molecule has 3 heteroatoms. The summed E-state index contributed by atoms with van der Waals surface area (Å²) in [5, 5.41) is 0.694. The number of halogens is 1. The van der Waals surface area contributed by atoms with Crippen molar-refractivity contribution in [1.82, 2.24) is 0 Å². The Hall–Kier alpha value is -1.54. The average Bonchev–Trinajstić information content (AvgIpc) is 3.00. The van der Waals surface area contributed by atoms with Crippen molar-refractivity contribution in [3.8, 4) is 0 Å². The molecule has 0 heterocycles. The van der Waals surface area contributed by atoms with E-state index in [0.717, 1.165) is 5.56 Å². The summed E-state index contributed by atoms with van der Waals surface area (Å²) in [5.74, 6) is 0.111. The minimum atomic E-state index is -0.127. The van der Waals surface area contributed by atoms with E-state index in [1.165, 1.54) is 5.57 Å². The molecule has 0 radical (unpaired) electrons. The van der Waals surface area contributed by atoms with Crippen molar-refractivity contribution in [2.24, 2.45) is 17.3 Å². The summed E-state index contributed by atoms with van der Waals surface area (Å²) in [7, 11) is 0. The molecular formula is C20H25ClO2. The van der Waals surface area contributed by atoms with Crippen LogP contribution in [0.5, 0.6) is 0 Å². The van der Waals surface area contributed by atoms with Gasteiger partial charge >= 0.3 is 5.97 Å². The van der Waals surface area contributed by atoms with Crippen LogP contribution in [-0.2, 0) is 16.0 Å². The average molecular weight is 333 g/mol. The molecule has 2 rings (SSSR count). The Morgan fingerprint density at radius 2 is 1.91 bits per heavy atom. The minimum Gasteiger partial charge on any atom is -0.461 e. The molecular weight excluding hydrogens is 308 g/mol. The zero-order valence-corrected chi connectivity index (χ0v) is 15.1. The topological polar surface area (TPSA) is 26.3 Å². The van der Waals surface area contributed by atoms with E-state index in [9.17, 15) is 4.79 Å². The van der Waals surface area contributed by atoms with Gasteiger partial charge in [-0.05, 0) is 36.8 Å². The third kappa shape index (κ3) is 4.71. The highest BCUT2D eigenvalue weighted by Crippen LogP contribution is 2.59. The van der Waals surface area contributed by atoms with Crippen molar-refractivity contribution >= 4 is 17.6 Å². The van der Waals surface area contributed by atoms with E-state index in [1.807, 2.05) is 30.3 Å². The summed E-state index contributed by atoms with van der Waals surface area (Å²) in [4.78, 5) is 12.2. The molecule has 1 fully saturated rings. The van der Waals surface area contributed by atoms with Gasteiger partial charge in [0.1, 0.15) is 6.61 Å². The van der Waals surface area contributed by atoms with E-state index in [2.05, 4.69) is 33.8 Å². The van der Waals surface area contributed by atoms with Crippen molar-refractivity contribution < 1.29 is 9.53 Å². The molecule has 1 aliphatic rings. The summed E-state index contributed by atoms with van der Waals surface area (Å²) >= 11 is 6.21. The second-order valence-electron chi connectivity index (χ2n) is 7.01. The summed E-state index contributed by atoms with van der Waals surface area (Å²) in [6, 6.07) is 10.00. The SMILES string of the molecule is CC(C)=CC1C(C(=O)OCC=C(Cl)Cc2ccccc2)C1(C)C. The van der Waals surface area contributed by atoms with Gasteiger partial charge in [0, 0.05) is 11.5 Å². The molecule has 1 aliphatic carbocycles. The first-order chi connectivity index (χ1) is 10.8. The van der Waals surface area contributed by atoms with Crippen LogP contribution >= 0.6 is 11.6 Å². The number of ether oxygens (including phenoxy) is 1. The van der Waals surface area contributed by atoms with Gasteiger partial charge in [-0.3, -0.25) is 4.79 Å². The lowest BCUT2D eigenvalue weighted by Gasteiger charge is -2.04. The molecule has 0 spiro atoms. The number of carbonyl (C=O) groups excluding carboxylic acids is 1. The van der Waals surface area contributed by atoms with E-state index < -0.39 is 0 Å². The first-order valence-electron chi connectivity index (χ1n) is 8.02. The van der Waals surface area contributed by atoms with Crippen LogP contribution in [0.4, 0.5) is 0 Å². The molecule has 2 nitrogen and oxygen atoms in total. The maximum atomic E-state index is 12.2. The van der Waals surface area contributed by atoms with Crippen LogP contribution in [0.15, 0.2) is 53.1 Å². The molecule has 0 aliphatic heterocycles. The zero-order chi connectivity index (χ0) is 17.0. The zero-order valence-electron chi connectivity index (χ0n) is 14.3. The normalized spacial score (nSPS) is 22.4. The quantitative estimate of drug-likeness (QED) is 0.533. The van der Waals surface area contributed by atoms with Gasteiger partial charge in [0.05, 0.1) is 5.92 Å². The van der Waals surface area contributed by atoms with Crippen molar-refractivity contribution in [2.45, 2.75) is 34.1 Å². The molecule has 0 saturated heterocycles. The first kappa shape index (κ1) is 17.8. The lowest BCUT2D eigenvalue weighted by molar-refractivity contribution is -0.144. The van der Waals surface area contributed by atoms with Crippen molar-refractivity contribution in [3.63, 3.8) is 0 Å². The van der Waals surface area contributed by atoms with E-state index in [4.69, 9.17) is 16.3 Å². The van der Waals surface area contributed by atoms with E-state index in [1.54, 1.807) is 6.08 Å². The fraction of sp³-hybridized carbons (Fsp3) is 0.450. The second-order valence-corrected chi connectivity index (χ2v) is 7.50. The van der Waals surface area contributed by atoms with Gasteiger partial charge in [0.15, 0.2) is 0 Å². The molecule has 0 aromatic heterocycles. The maximum absolute atomic E-state index is 12.2. The molecule has 124 valence electrons. The second kappa shape index (κ2) is 7.35. The van der Waals surface area contributed by atoms with Crippen molar-refractivity contribution in [1.29, 1.82) is 0 Å². The molecule has 1 aromatic carbocycles. The number of esters is 1. The molecule has 1 aromatic rings. The number of rotatable bonds is 6. The van der Waals surface area contributed by atoms with Crippen LogP contribution in [0.2, 0.25) is 0 Å². The van der Waals surface area contributed by atoms with Crippen LogP contribution in [0.3, 0.4) is 0 Å². The predicted octanol–water partition coefficient (Wildman–Crippen LogP) is 5.13. The first-order valence-corrected chi connectivity index (χ1v) is 8.40. The van der Waals surface area contributed by atoms with Gasteiger partial charge in [-0.25, -0.2) is 0 Å². The van der Waals surface area contributed by atoms with Crippen LogP contribution in [0.25, 0.3) is 0 Å². The van der Waals surface area contributed by atoms with Gasteiger partial charge in [-0.15, -0.1) is 0 Å². The summed E-state index contributed by atoms with van der Waals surface area (Å²) in [6.45, 7) is 8.58. The Morgan fingerprint density at radius 1 is 1.26 bits per heavy atom. The van der Waals surface area contributed by atoms with Gasteiger partial charge in [0.2, 0.25) is 0 Å². The van der Waals surface area contributed by atoms with Gasteiger partial charge < -0.3 is 4.74 Å². The Labute approximate surface area is 144 Å². The Kier molecular flexibility index (Phi) is 5.69. The Bertz CT molecular complexity index is 610. The largest absolute Gasteiger partial charge is 0.461 e. The van der Waals surface area contributed by atoms with Gasteiger partial charge in [-0.1, -0.05) is 67.4 Å². The lowest BCUT2D eigenvalue weighted by Crippen LogP contribution is -2.11. The Morgan fingerprint density at radius 3 is 2.52 bits per heavy atom. The van der Waals surface area contributed by atoms with Gasteiger partial charge in [0.25, 0.3) is 0 Å². The van der Waals surface area contributed by atoms with Crippen LogP contribution < -0.4 is 0 Å². The fourth-order valence-electron chi connectivity index (χ4n) is 2.97. The van der Waals surface area contributed by atoms with Crippen LogP contribution in [0.1, 0.15) is 33.3 Å². The maximum Gasteiger partial charge on any atom is 0.310 e. The van der Waals surface area contributed by atoms with Crippen LogP contribution in [0, 0.1) is 17.3 Å². The highest BCUT2D eigenvalue weighted by Gasteiger charge is 2.61. The molecule has 0 N–H and O–H groups in total. The number of allylic oxidation sites excluding steroid dienone is 3. The fourth-order valence-corrected chi connectivity index (χ4v) is 3.18. The summed E-state index contributed by atoms with van der Waals surface area (Å²) in [6.07, 6.45) is 4.61. The predicted molar refractivity (Wildman–Crippen MR) is 95.2 cm³/mol. The summed E-state index contributed by atoms with van der Waals surface area (Å²) in [5.41, 5.74) is 2.38. The third-order valence-corrected chi connectivity index (χ3v) is 4.71. The monoisotopic (exact) mass is 332 g/mol. The number of hydrogen-bond acceptors (Lipinski definition) is 2. The van der Waals surface area contributed by atoms with E-state index >= 15 is 0 Å². The van der Waals surface area contributed by atoms with Gasteiger partial charge in [-0.2, -0.15) is 0 Å². The van der Waals surface area contributed by atoms with Crippen LogP contribution in [-0.4, -0.2) is 12.6 Å². The van der Waals surface area contributed by atoms with E-state index in [-0.39, 0.29) is 29.8 Å². The number of carbonyl (C=O) groups is 1. The van der Waals surface area contributed by atoms with Crippen molar-refractivity contribution in [3.05, 3.63) is 58.7 Å². The molecule has 0 amide bonds. The standard InChI is InChI=1S/C20H25ClO2/c1-14(2)12-17-18(20(17,3)4)19(22)23-11-10-16(21)13-15-8-6-5-7-9-15/h5-10,12,17-18H,11,13H2,1-4H3. The number of hydrogen-bond donors (Lipinski definition) is 0. The molecule has 2 atom stereocenters. The number of benzene rings is 1. The molecule has 2 unspecified atom stereocenters. The van der Waals surface area contributed by atoms with E-state index in [0.29, 0.717) is 11.5 Å². The van der Waals surface area contributed by atoms with Crippen molar-refractivity contribution in [2.75, 3.05) is 6.61 Å². The highest BCUT2D eigenvalue weighted by atomic mass is 35.5. The molecule has 23 heavy (non-hydrogen) atoms. The molecule has 1 saturated carbocycles. The Balaban J connectivity index is 1.83. The third-order valence-electron chi connectivity index (χ3n) is 4.42. The minimum absolute atomic E-state index is 0.00803. The smallest absolute Gasteiger partial charge is 0.310 e. The summed E-state index contributed by atoms with van der Waals surface area (Å²) < 4.78 is 5.39.